The first-order valence-electron chi connectivity index (χ1n) is 16.4. The van der Waals surface area contributed by atoms with E-state index in [-0.39, 0.29) is 53.2 Å². The highest BCUT2D eigenvalue weighted by Gasteiger charge is 2.41. The average molecular weight is 644 g/mol. The lowest BCUT2D eigenvalue weighted by atomic mass is 9.97. The molecule has 1 N–H and O–H groups in total. The van der Waals surface area contributed by atoms with Gasteiger partial charge in [-0.05, 0) is 77.5 Å². The van der Waals surface area contributed by atoms with E-state index in [0.717, 1.165) is 49.4 Å². The van der Waals surface area contributed by atoms with Crippen LogP contribution in [-0.4, -0.2) is 108 Å². The number of nitrogens with one attached hydrogen (secondary N) is 1. The van der Waals surface area contributed by atoms with Crippen LogP contribution in [0.2, 0.25) is 0 Å². The van der Waals surface area contributed by atoms with Gasteiger partial charge in [0.1, 0.15) is 6.10 Å². The fraction of sp³-hybridized carbons (Fsp3) is 0.656. The third kappa shape index (κ3) is 6.91. The standard InChI is InChI=1S/C32H45N5O7S/c1-22(2)37-27-8-4-3-7-23(27)19-29(31(37)39)44-32(40)33-24-20-25-10-11-26(21-24)36(25)12-6-18-45(41,42)35-15-13-34(14-16-35)30(38)28-9-5-17-43-28/h3-4,7-8,19,22,24-26,28H,5-6,9-18,20-21H2,1-2H3,(H,33,40)/t24?,25-,26+,28?. The summed E-state index contributed by atoms with van der Waals surface area (Å²) in [5.41, 5.74) is 0.462. The fourth-order valence-electron chi connectivity index (χ4n) is 7.62. The number of fused-ring (bicyclic) bond motifs is 3. The summed E-state index contributed by atoms with van der Waals surface area (Å²) in [4.78, 5) is 42.8. The number of carbonyl (C=O) groups is 2. The highest BCUT2D eigenvalue weighted by molar-refractivity contribution is 7.89. The van der Waals surface area contributed by atoms with Crippen molar-refractivity contribution in [3.05, 3.63) is 40.7 Å². The number of rotatable bonds is 9. The van der Waals surface area contributed by atoms with Crippen molar-refractivity contribution in [2.45, 2.75) is 89.1 Å². The quantitative estimate of drug-likeness (QED) is 0.442. The number of amides is 2. The fourth-order valence-corrected chi connectivity index (χ4v) is 9.09. The number of pyridine rings is 1. The summed E-state index contributed by atoms with van der Waals surface area (Å²) in [6.07, 6.45) is 4.70. The van der Waals surface area contributed by atoms with Crippen LogP contribution in [0.1, 0.15) is 64.8 Å². The van der Waals surface area contributed by atoms with E-state index in [9.17, 15) is 22.8 Å². The summed E-state index contributed by atoms with van der Waals surface area (Å²) >= 11 is 0. The van der Waals surface area contributed by atoms with Crippen LogP contribution in [-0.2, 0) is 19.6 Å². The molecule has 246 valence electrons. The lowest BCUT2D eigenvalue weighted by Gasteiger charge is -2.39. The second kappa shape index (κ2) is 13.4. The zero-order chi connectivity index (χ0) is 31.7. The van der Waals surface area contributed by atoms with Gasteiger partial charge in [0.05, 0.1) is 11.3 Å². The van der Waals surface area contributed by atoms with E-state index in [2.05, 4.69) is 10.2 Å². The molecule has 2 unspecified atom stereocenters. The molecule has 4 fully saturated rings. The van der Waals surface area contributed by atoms with Crippen LogP contribution in [0.15, 0.2) is 35.1 Å². The van der Waals surface area contributed by atoms with Gasteiger partial charge < -0.3 is 24.3 Å². The van der Waals surface area contributed by atoms with Crippen molar-refractivity contribution in [2.75, 3.05) is 45.1 Å². The normalized spacial score (nSPS) is 26.1. The van der Waals surface area contributed by atoms with Crippen molar-refractivity contribution in [2.24, 2.45) is 0 Å². The Kier molecular flexibility index (Phi) is 9.51. The van der Waals surface area contributed by atoms with Gasteiger partial charge in [-0.3, -0.25) is 14.5 Å². The Hall–Kier alpha value is -3.00. The minimum atomic E-state index is -3.41. The second-order valence-corrected chi connectivity index (χ2v) is 15.1. The number of ether oxygens (including phenoxy) is 2. The maximum absolute atomic E-state index is 13.2. The minimum Gasteiger partial charge on any atom is -0.404 e. The van der Waals surface area contributed by atoms with E-state index in [1.807, 2.05) is 38.1 Å². The molecule has 2 bridgehead atoms. The molecule has 0 spiro atoms. The maximum Gasteiger partial charge on any atom is 0.413 e. The molecular formula is C32H45N5O7S. The molecule has 2 aromatic rings. The predicted octanol–water partition coefficient (Wildman–Crippen LogP) is 2.71. The molecule has 1 aromatic carbocycles. The number of nitrogens with zero attached hydrogens (tertiary/aromatic N) is 4. The van der Waals surface area contributed by atoms with Gasteiger partial charge in [-0.15, -0.1) is 0 Å². The Morgan fingerprint density at radius 1 is 1.04 bits per heavy atom. The van der Waals surface area contributed by atoms with Gasteiger partial charge in [0.2, 0.25) is 10.0 Å². The SMILES string of the molecule is CC(C)n1c(=O)c(OC(=O)NC2C[C@H]3CC[C@@H](C2)N3CCCS(=O)(=O)N2CCN(C(=O)C3CCCO3)CC2)cc2ccccc21. The Morgan fingerprint density at radius 2 is 1.76 bits per heavy atom. The van der Waals surface area contributed by atoms with E-state index in [1.165, 1.54) is 4.31 Å². The minimum absolute atomic E-state index is 0.0114. The molecule has 1 aromatic heterocycles. The van der Waals surface area contributed by atoms with Crippen molar-refractivity contribution < 1.29 is 27.5 Å². The summed E-state index contributed by atoms with van der Waals surface area (Å²) in [5.74, 6) is 0.0719. The predicted molar refractivity (Wildman–Crippen MR) is 170 cm³/mol. The number of aromatic nitrogens is 1. The second-order valence-electron chi connectivity index (χ2n) is 13.1. The number of piperidine rings is 1. The number of hydrogen-bond donors (Lipinski definition) is 1. The Morgan fingerprint density at radius 3 is 2.42 bits per heavy atom. The summed E-state index contributed by atoms with van der Waals surface area (Å²) in [5, 5.41) is 3.82. The van der Waals surface area contributed by atoms with Crippen molar-refractivity contribution in [1.29, 1.82) is 0 Å². The number of piperazine rings is 1. The third-order valence-corrected chi connectivity index (χ3v) is 11.8. The van der Waals surface area contributed by atoms with E-state index in [4.69, 9.17) is 9.47 Å². The topological polar surface area (TPSA) is 130 Å². The first-order chi connectivity index (χ1) is 21.6. The molecule has 13 heteroatoms. The van der Waals surface area contributed by atoms with Gasteiger partial charge in [-0.1, -0.05) is 18.2 Å². The van der Waals surface area contributed by atoms with Crippen molar-refractivity contribution in [3.63, 3.8) is 0 Å². The summed E-state index contributed by atoms with van der Waals surface area (Å²) < 4.78 is 40.5. The number of benzene rings is 1. The molecule has 5 heterocycles. The number of sulfonamides is 1. The molecule has 2 amide bonds. The van der Waals surface area contributed by atoms with Crippen molar-refractivity contribution >= 4 is 32.9 Å². The van der Waals surface area contributed by atoms with Gasteiger partial charge in [-0.2, -0.15) is 4.31 Å². The number of carbonyl (C=O) groups excluding carboxylic acids is 2. The molecule has 4 saturated heterocycles. The van der Waals surface area contributed by atoms with Gasteiger partial charge in [0.25, 0.3) is 11.5 Å². The van der Waals surface area contributed by atoms with Crippen LogP contribution in [0.5, 0.6) is 5.75 Å². The Bertz CT molecular complexity index is 1550. The first-order valence-corrected chi connectivity index (χ1v) is 18.0. The van der Waals surface area contributed by atoms with Crippen molar-refractivity contribution in [1.82, 2.24) is 24.0 Å². The lowest BCUT2D eigenvalue weighted by molar-refractivity contribution is -0.142. The first kappa shape index (κ1) is 32.0. The van der Waals surface area contributed by atoms with Crippen LogP contribution in [0.25, 0.3) is 10.9 Å². The van der Waals surface area contributed by atoms with Crippen LogP contribution in [0.4, 0.5) is 4.79 Å². The largest absolute Gasteiger partial charge is 0.413 e. The van der Waals surface area contributed by atoms with Crippen LogP contribution in [0.3, 0.4) is 0 Å². The number of hydrogen-bond acceptors (Lipinski definition) is 8. The van der Waals surface area contributed by atoms with E-state index < -0.39 is 16.1 Å². The van der Waals surface area contributed by atoms with Crippen LogP contribution >= 0.6 is 0 Å². The van der Waals surface area contributed by atoms with Gasteiger partial charge >= 0.3 is 6.09 Å². The van der Waals surface area contributed by atoms with E-state index in [0.29, 0.717) is 45.8 Å². The lowest BCUT2D eigenvalue weighted by Crippen LogP contribution is -2.53. The average Bonchev–Trinajstić information content (AvgIpc) is 3.63. The highest BCUT2D eigenvalue weighted by atomic mass is 32.2. The van der Waals surface area contributed by atoms with Gasteiger partial charge in [0.15, 0.2) is 5.75 Å². The molecule has 0 aliphatic carbocycles. The monoisotopic (exact) mass is 643 g/mol. The summed E-state index contributed by atoms with van der Waals surface area (Å²) in [7, 11) is -3.41. The van der Waals surface area contributed by atoms with Crippen LogP contribution < -0.4 is 15.6 Å². The molecule has 4 atom stereocenters. The molecule has 45 heavy (non-hydrogen) atoms. The smallest absolute Gasteiger partial charge is 0.404 e. The number of para-hydroxylation sites is 1. The summed E-state index contributed by atoms with van der Waals surface area (Å²) in [6.45, 7) is 6.60. The van der Waals surface area contributed by atoms with Gasteiger partial charge in [0, 0.05) is 62.3 Å². The molecule has 6 rings (SSSR count). The Balaban J connectivity index is 0.973. The molecule has 4 aliphatic rings. The van der Waals surface area contributed by atoms with Gasteiger partial charge in [-0.25, -0.2) is 13.2 Å². The molecule has 12 nitrogen and oxygen atoms in total. The maximum atomic E-state index is 13.2. The highest BCUT2D eigenvalue weighted by Crippen LogP contribution is 2.36. The molecule has 4 aliphatic heterocycles. The molecular weight excluding hydrogens is 598 g/mol. The zero-order valence-corrected chi connectivity index (χ0v) is 27.0. The molecule has 0 saturated carbocycles. The zero-order valence-electron chi connectivity index (χ0n) is 26.2. The Labute approximate surface area is 264 Å². The van der Waals surface area contributed by atoms with Crippen LogP contribution in [0, 0.1) is 0 Å². The summed E-state index contributed by atoms with van der Waals surface area (Å²) in [6, 6.07) is 9.54. The van der Waals surface area contributed by atoms with E-state index in [1.54, 1.807) is 15.5 Å². The third-order valence-electron chi connectivity index (χ3n) is 9.81. The molecule has 0 radical (unpaired) electrons. The van der Waals surface area contributed by atoms with E-state index >= 15 is 0 Å². The van der Waals surface area contributed by atoms with Crippen molar-refractivity contribution in [3.8, 4) is 5.75 Å².